The van der Waals surface area contributed by atoms with Crippen LogP contribution in [-0.2, 0) is 16.1 Å². The van der Waals surface area contributed by atoms with Crippen molar-refractivity contribution >= 4 is 40.2 Å². The number of Topliss-reactive ketones (excluding diaryl/α,β-unsaturated/α-hetero) is 1. The lowest BCUT2D eigenvalue weighted by Crippen LogP contribution is -2.31. The van der Waals surface area contributed by atoms with Crippen molar-refractivity contribution in [2.24, 2.45) is 5.92 Å². The van der Waals surface area contributed by atoms with Crippen LogP contribution in [0.15, 0.2) is 24.3 Å². The molecule has 1 saturated heterocycles. The normalized spacial score (nSPS) is 20.4. The van der Waals surface area contributed by atoms with Gasteiger partial charge in [0.25, 0.3) is 0 Å². The van der Waals surface area contributed by atoms with Crippen LogP contribution in [0, 0.1) is 5.92 Å². The third-order valence-corrected chi connectivity index (χ3v) is 4.40. The third-order valence-electron chi connectivity index (χ3n) is 3.53. The molecule has 0 aliphatic carbocycles. The minimum Gasteiger partial charge on any atom is -0.295 e. The number of hydrogen-bond acceptors (Lipinski definition) is 3. The maximum Gasteiger partial charge on any atom is 0.234 e. The zero-order valence-corrected chi connectivity index (χ0v) is 13.6. The molecular weight excluding hydrogens is 369 g/mol. The number of nitrogens with zero attached hydrogens (tertiary/aromatic N) is 1. The number of likely N-dealkylation sites (tertiary alicyclic amines) is 1. The average Bonchev–Trinajstić information content (AvgIpc) is 2.67. The van der Waals surface area contributed by atoms with E-state index in [0.29, 0.717) is 12.0 Å². The van der Waals surface area contributed by atoms with Gasteiger partial charge in [0, 0.05) is 15.9 Å². The predicted octanol–water partition coefficient (Wildman–Crippen LogP) is 2.59. The van der Waals surface area contributed by atoms with Crippen LogP contribution in [0.4, 0.5) is 0 Å². The van der Waals surface area contributed by atoms with E-state index in [1.165, 1.54) is 11.8 Å². The van der Waals surface area contributed by atoms with Crippen LogP contribution in [0.1, 0.15) is 36.2 Å². The van der Waals surface area contributed by atoms with Crippen LogP contribution < -0.4 is 0 Å². The molecule has 1 aliphatic rings. The maximum absolute atomic E-state index is 12.2. The fraction of sp³-hybridized carbons (Fsp3) is 0.400. The van der Waals surface area contributed by atoms with Gasteiger partial charge in [0.05, 0.1) is 12.5 Å². The first-order valence-corrected chi connectivity index (χ1v) is 7.73. The molecule has 5 heteroatoms. The largest absolute Gasteiger partial charge is 0.295 e. The molecular formula is C15H16INO3. The van der Waals surface area contributed by atoms with Crippen molar-refractivity contribution in [3.63, 3.8) is 0 Å². The molecule has 0 saturated carbocycles. The van der Waals surface area contributed by atoms with E-state index < -0.39 is 0 Å². The van der Waals surface area contributed by atoms with Crippen LogP contribution in [0.5, 0.6) is 0 Å². The van der Waals surface area contributed by atoms with Crippen molar-refractivity contribution < 1.29 is 14.4 Å². The summed E-state index contributed by atoms with van der Waals surface area (Å²) in [5.74, 6) is -0.407. The Morgan fingerprint density at radius 2 is 1.95 bits per heavy atom. The molecule has 1 aromatic carbocycles. The Morgan fingerprint density at radius 3 is 2.40 bits per heavy atom. The highest BCUT2D eigenvalue weighted by molar-refractivity contribution is 14.1. The third kappa shape index (κ3) is 3.08. The zero-order chi connectivity index (χ0) is 14.9. The number of carbonyl (C=O) groups is 3. The van der Waals surface area contributed by atoms with Gasteiger partial charge in [-0.1, -0.05) is 53.8 Å². The fourth-order valence-electron chi connectivity index (χ4n) is 2.26. The quantitative estimate of drug-likeness (QED) is 0.347. The Morgan fingerprint density at radius 1 is 1.35 bits per heavy atom. The molecule has 1 aromatic rings. The molecule has 2 atom stereocenters. The van der Waals surface area contributed by atoms with Gasteiger partial charge in [-0.05, 0) is 12.5 Å². The highest BCUT2D eigenvalue weighted by atomic mass is 127. The molecule has 0 bridgehead atoms. The second-order valence-electron chi connectivity index (χ2n) is 5.06. The topological polar surface area (TPSA) is 54.5 Å². The summed E-state index contributed by atoms with van der Waals surface area (Å²) < 4.78 is 0.147. The van der Waals surface area contributed by atoms with Gasteiger partial charge < -0.3 is 0 Å². The van der Waals surface area contributed by atoms with Gasteiger partial charge in [0.2, 0.25) is 11.8 Å². The van der Waals surface area contributed by atoms with Crippen LogP contribution in [-0.4, -0.2) is 26.4 Å². The lowest BCUT2D eigenvalue weighted by molar-refractivity contribution is -0.140. The van der Waals surface area contributed by atoms with Gasteiger partial charge in [0.15, 0.2) is 5.78 Å². The first-order chi connectivity index (χ1) is 9.40. The first kappa shape index (κ1) is 15.2. The molecule has 0 radical (unpaired) electrons. The zero-order valence-electron chi connectivity index (χ0n) is 11.4. The summed E-state index contributed by atoms with van der Waals surface area (Å²) in [6, 6.07) is 7.03. The first-order valence-electron chi connectivity index (χ1n) is 6.48. The fourth-order valence-corrected chi connectivity index (χ4v) is 2.82. The molecule has 1 aliphatic heterocycles. The van der Waals surface area contributed by atoms with Crippen molar-refractivity contribution in [3.8, 4) is 0 Å². The second kappa shape index (κ2) is 6.03. The number of benzene rings is 1. The summed E-state index contributed by atoms with van der Waals surface area (Å²) >= 11 is 2.19. The Balaban J connectivity index is 2.12. The number of carbonyl (C=O) groups excluding carboxylic acids is 3. The Labute approximate surface area is 131 Å². The van der Waals surface area contributed by atoms with Gasteiger partial charge in [-0.3, -0.25) is 19.3 Å². The summed E-state index contributed by atoms with van der Waals surface area (Å²) in [6.45, 7) is 3.74. The van der Waals surface area contributed by atoms with E-state index in [1.54, 1.807) is 24.3 Å². The minimum atomic E-state index is -0.209. The highest BCUT2D eigenvalue weighted by Crippen LogP contribution is 2.28. The highest BCUT2D eigenvalue weighted by Gasteiger charge is 2.40. The molecule has 2 amide bonds. The van der Waals surface area contributed by atoms with Crippen molar-refractivity contribution in [3.05, 3.63) is 35.4 Å². The lowest BCUT2D eigenvalue weighted by Gasteiger charge is -2.16. The molecule has 2 unspecified atom stereocenters. The van der Waals surface area contributed by atoms with E-state index in [4.69, 9.17) is 0 Å². The molecule has 4 nitrogen and oxygen atoms in total. The monoisotopic (exact) mass is 385 g/mol. The van der Waals surface area contributed by atoms with Gasteiger partial charge in [-0.25, -0.2) is 0 Å². The summed E-state index contributed by atoms with van der Waals surface area (Å²) in [4.78, 5) is 36.6. The standard InChI is InChI=1S/C15H16INO3/c1-9(16)13-7-14(19)17(15(13)20)8-11-3-5-12(6-4-11)10(2)18/h3-6,9,13H,7-8H2,1-2H3. The molecule has 0 aromatic heterocycles. The molecule has 106 valence electrons. The Bertz CT molecular complexity index is 551. The van der Waals surface area contributed by atoms with Crippen molar-refractivity contribution in [2.45, 2.75) is 30.7 Å². The number of amides is 2. The number of imide groups is 1. The van der Waals surface area contributed by atoms with Gasteiger partial charge in [-0.15, -0.1) is 0 Å². The SMILES string of the molecule is CC(=O)c1ccc(CN2C(=O)CC(C(C)I)C2=O)cc1. The Hall–Kier alpha value is -1.24. The summed E-state index contributed by atoms with van der Waals surface area (Å²) in [5.41, 5.74) is 1.49. The molecule has 1 heterocycles. The molecule has 0 spiro atoms. The average molecular weight is 385 g/mol. The predicted molar refractivity (Wildman–Crippen MR) is 83.6 cm³/mol. The number of alkyl halides is 1. The van der Waals surface area contributed by atoms with E-state index in [1.807, 2.05) is 6.92 Å². The number of halogens is 1. The van der Waals surface area contributed by atoms with E-state index in [0.717, 1.165) is 5.56 Å². The number of ketones is 1. The maximum atomic E-state index is 12.2. The summed E-state index contributed by atoms with van der Waals surface area (Å²) in [5, 5.41) is 0. The molecule has 20 heavy (non-hydrogen) atoms. The van der Waals surface area contributed by atoms with Gasteiger partial charge >= 0.3 is 0 Å². The number of hydrogen-bond donors (Lipinski definition) is 0. The minimum absolute atomic E-state index is 0.00340. The van der Waals surface area contributed by atoms with Crippen LogP contribution in [0.2, 0.25) is 0 Å². The Kier molecular flexibility index (Phi) is 4.57. The van der Waals surface area contributed by atoms with Gasteiger partial charge in [0.1, 0.15) is 0 Å². The molecule has 1 fully saturated rings. The molecule has 2 rings (SSSR count). The second-order valence-corrected chi connectivity index (χ2v) is 7.02. The van der Waals surface area contributed by atoms with Gasteiger partial charge in [-0.2, -0.15) is 0 Å². The van der Waals surface area contributed by atoms with E-state index in [9.17, 15) is 14.4 Å². The summed E-state index contributed by atoms with van der Waals surface area (Å²) in [6.07, 6.45) is 0.300. The van der Waals surface area contributed by atoms with Crippen LogP contribution in [0.3, 0.4) is 0 Å². The lowest BCUT2D eigenvalue weighted by atomic mass is 10.1. The van der Waals surface area contributed by atoms with Crippen molar-refractivity contribution in [2.75, 3.05) is 0 Å². The smallest absolute Gasteiger partial charge is 0.234 e. The van der Waals surface area contributed by atoms with E-state index in [2.05, 4.69) is 22.6 Å². The molecule has 0 N–H and O–H groups in total. The summed E-state index contributed by atoms with van der Waals surface area (Å²) in [7, 11) is 0. The van der Waals surface area contributed by atoms with E-state index >= 15 is 0 Å². The number of rotatable bonds is 4. The van der Waals surface area contributed by atoms with Crippen molar-refractivity contribution in [1.29, 1.82) is 0 Å². The van der Waals surface area contributed by atoms with Crippen molar-refractivity contribution in [1.82, 2.24) is 4.90 Å². The van der Waals surface area contributed by atoms with E-state index in [-0.39, 0.29) is 34.0 Å². The van der Waals surface area contributed by atoms with Crippen LogP contribution in [0.25, 0.3) is 0 Å². The van der Waals surface area contributed by atoms with Crippen LogP contribution >= 0.6 is 22.6 Å².